The van der Waals surface area contributed by atoms with Crippen LogP contribution in [0.3, 0.4) is 0 Å². The molecule has 29 heavy (non-hydrogen) atoms. The van der Waals surface area contributed by atoms with Gasteiger partial charge in [-0.25, -0.2) is 8.78 Å². The number of aromatic nitrogens is 2. The molecule has 0 saturated carbocycles. The third kappa shape index (κ3) is 3.98. The minimum absolute atomic E-state index is 0.0547. The molecule has 0 unspecified atom stereocenters. The maximum atomic E-state index is 15.1. The molecular formula is C21H29BF2N2O3. The molecule has 0 radical (unpaired) electrons. The molecule has 0 atom stereocenters. The van der Waals surface area contributed by atoms with Gasteiger partial charge in [0, 0.05) is 29.9 Å². The van der Waals surface area contributed by atoms with Gasteiger partial charge in [0.05, 0.1) is 30.0 Å². The summed E-state index contributed by atoms with van der Waals surface area (Å²) in [6, 6.07) is 3.11. The van der Waals surface area contributed by atoms with Crippen molar-refractivity contribution in [1.82, 2.24) is 9.78 Å². The zero-order valence-corrected chi connectivity index (χ0v) is 18.2. The van der Waals surface area contributed by atoms with Crippen molar-refractivity contribution in [2.45, 2.75) is 65.2 Å². The molecule has 1 saturated heterocycles. The summed E-state index contributed by atoms with van der Waals surface area (Å²) in [6.07, 6.45) is 1.74. The first-order valence-corrected chi connectivity index (χ1v) is 9.88. The summed E-state index contributed by atoms with van der Waals surface area (Å²) in [7, 11) is 0.648. The molecule has 5 nitrogen and oxygen atoms in total. The second-order valence-electron chi connectivity index (χ2n) is 8.76. The van der Waals surface area contributed by atoms with Gasteiger partial charge in [-0.3, -0.25) is 4.68 Å². The molecule has 0 N–H and O–H groups in total. The fourth-order valence-corrected chi connectivity index (χ4v) is 3.29. The molecule has 0 spiro atoms. The van der Waals surface area contributed by atoms with E-state index in [1.165, 1.54) is 6.07 Å². The molecule has 8 heteroatoms. The number of ether oxygens (including phenoxy) is 1. The van der Waals surface area contributed by atoms with Gasteiger partial charge in [-0.2, -0.15) is 5.10 Å². The van der Waals surface area contributed by atoms with Crippen molar-refractivity contribution in [3.8, 4) is 11.1 Å². The average molecular weight is 406 g/mol. The van der Waals surface area contributed by atoms with Crippen molar-refractivity contribution in [1.29, 1.82) is 0 Å². The van der Waals surface area contributed by atoms with Crippen LogP contribution in [0.2, 0.25) is 0 Å². The lowest BCUT2D eigenvalue weighted by atomic mass is 9.77. The Bertz CT molecular complexity index is 880. The minimum atomic E-state index is -0.961. The third-order valence-corrected chi connectivity index (χ3v) is 5.77. The second kappa shape index (κ2) is 7.82. The van der Waals surface area contributed by atoms with Crippen molar-refractivity contribution >= 4 is 12.6 Å². The Morgan fingerprint density at radius 2 is 1.69 bits per heavy atom. The van der Waals surface area contributed by atoms with E-state index < -0.39 is 30.0 Å². The molecule has 0 amide bonds. The van der Waals surface area contributed by atoms with E-state index in [2.05, 4.69) is 5.10 Å². The predicted octanol–water partition coefficient (Wildman–Crippen LogP) is 3.90. The Morgan fingerprint density at radius 3 is 2.24 bits per heavy atom. The van der Waals surface area contributed by atoms with Gasteiger partial charge in [0.15, 0.2) is 11.6 Å². The molecule has 1 aliphatic heterocycles. The van der Waals surface area contributed by atoms with E-state index in [0.717, 1.165) is 0 Å². The summed E-state index contributed by atoms with van der Waals surface area (Å²) in [6.45, 7) is 12.5. The highest BCUT2D eigenvalue weighted by molar-refractivity contribution is 6.62. The van der Waals surface area contributed by atoms with Crippen molar-refractivity contribution in [3.05, 3.63) is 35.7 Å². The summed E-state index contributed by atoms with van der Waals surface area (Å²) in [5.74, 6) is -1.83. The number of nitrogens with zero attached hydrogens (tertiary/aromatic N) is 2. The number of methoxy groups -OCH3 is 1. The van der Waals surface area contributed by atoms with Crippen molar-refractivity contribution in [3.63, 3.8) is 0 Å². The van der Waals surface area contributed by atoms with Crippen LogP contribution in [0.1, 0.15) is 53.2 Å². The molecule has 1 aliphatic rings. The van der Waals surface area contributed by atoms with Gasteiger partial charge in [0.25, 0.3) is 0 Å². The van der Waals surface area contributed by atoms with E-state index >= 15 is 8.78 Å². The highest BCUT2D eigenvalue weighted by Crippen LogP contribution is 2.37. The van der Waals surface area contributed by atoms with Gasteiger partial charge >= 0.3 is 7.12 Å². The van der Waals surface area contributed by atoms with Crippen molar-refractivity contribution < 1.29 is 22.8 Å². The first-order valence-electron chi connectivity index (χ1n) is 9.88. The first-order chi connectivity index (χ1) is 13.5. The standard InChI is InChI=1S/C21H29BF2N2O3/c1-13(2)19-15(12-26(25-19)10-11-27-7)14-8-9-16(18(24)17(14)23)22-28-20(3,4)21(5,6)29-22/h8-9,12-13H,10-11H2,1-7H3. The Balaban J connectivity index is 2.00. The lowest BCUT2D eigenvalue weighted by molar-refractivity contribution is 0.00578. The van der Waals surface area contributed by atoms with Crippen molar-refractivity contribution in [2.24, 2.45) is 0 Å². The number of benzene rings is 1. The first kappa shape index (κ1) is 21.9. The van der Waals surface area contributed by atoms with Crippen LogP contribution in [-0.2, 0) is 20.6 Å². The van der Waals surface area contributed by atoms with Crippen LogP contribution in [0.5, 0.6) is 0 Å². The molecule has 1 aromatic carbocycles. The Hall–Kier alpha value is -1.77. The van der Waals surface area contributed by atoms with E-state index in [1.54, 1.807) is 24.1 Å². The van der Waals surface area contributed by atoms with E-state index in [0.29, 0.717) is 24.4 Å². The number of hydrogen-bond donors (Lipinski definition) is 0. The lowest BCUT2D eigenvalue weighted by Crippen LogP contribution is -2.41. The van der Waals surface area contributed by atoms with Gasteiger partial charge in [0.1, 0.15) is 0 Å². The summed E-state index contributed by atoms with van der Waals surface area (Å²) in [5.41, 5.74) is 0.257. The molecule has 1 fully saturated rings. The van der Waals surface area contributed by atoms with Gasteiger partial charge in [-0.1, -0.05) is 26.0 Å². The van der Waals surface area contributed by atoms with E-state index in [-0.39, 0.29) is 16.9 Å². The predicted molar refractivity (Wildman–Crippen MR) is 109 cm³/mol. The third-order valence-electron chi connectivity index (χ3n) is 5.77. The molecule has 2 aromatic rings. The quantitative estimate of drug-likeness (QED) is 0.683. The van der Waals surface area contributed by atoms with Gasteiger partial charge in [-0.05, 0) is 33.6 Å². The fraction of sp³-hybridized carbons (Fsp3) is 0.571. The molecule has 0 bridgehead atoms. The van der Waals surface area contributed by atoms with Crippen LogP contribution in [-0.4, -0.2) is 41.8 Å². The van der Waals surface area contributed by atoms with Crippen LogP contribution in [0.15, 0.2) is 18.3 Å². The van der Waals surface area contributed by atoms with Crippen molar-refractivity contribution in [2.75, 3.05) is 13.7 Å². The Morgan fingerprint density at radius 1 is 1.07 bits per heavy atom. The maximum Gasteiger partial charge on any atom is 0.497 e. The highest BCUT2D eigenvalue weighted by atomic mass is 19.2. The molecule has 1 aromatic heterocycles. The average Bonchev–Trinajstić information content (AvgIpc) is 3.13. The van der Waals surface area contributed by atoms with Gasteiger partial charge < -0.3 is 14.0 Å². The van der Waals surface area contributed by atoms with Crippen LogP contribution in [0.25, 0.3) is 11.1 Å². The summed E-state index contributed by atoms with van der Waals surface area (Å²) >= 11 is 0. The van der Waals surface area contributed by atoms with Gasteiger partial charge in [0.2, 0.25) is 0 Å². The van der Waals surface area contributed by atoms with Crippen LogP contribution in [0.4, 0.5) is 8.78 Å². The fourth-order valence-electron chi connectivity index (χ4n) is 3.29. The molecule has 158 valence electrons. The summed E-state index contributed by atoms with van der Waals surface area (Å²) in [4.78, 5) is 0. The Labute approximate surface area is 171 Å². The molecular weight excluding hydrogens is 377 g/mol. The Kier molecular flexibility index (Phi) is 5.91. The molecule has 0 aliphatic carbocycles. The monoisotopic (exact) mass is 406 g/mol. The van der Waals surface area contributed by atoms with E-state index in [4.69, 9.17) is 14.0 Å². The minimum Gasteiger partial charge on any atom is -0.399 e. The number of halogens is 2. The highest BCUT2D eigenvalue weighted by Gasteiger charge is 2.52. The smallest absolute Gasteiger partial charge is 0.399 e. The largest absolute Gasteiger partial charge is 0.497 e. The van der Waals surface area contributed by atoms with E-state index in [9.17, 15) is 0 Å². The maximum absolute atomic E-state index is 15.1. The topological polar surface area (TPSA) is 45.5 Å². The molecule has 2 heterocycles. The van der Waals surface area contributed by atoms with E-state index in [1.807, 2.05) is 41.5 Å². The van der Waals surface area contributed by atoms with Crippen LogP contribution in [0, 0.1) is 11.6 Å². The summed E-state index contributed by atoms with van der Waals surface area (Å²) in [5, 5.41) is 4.53. The lowest BCUT2D eigenvalue weighted by Gasteiger charge is -2.32. The van der Waals surface area contributed by atoms with Gasteiger partial charge in [-0.15, -0.1) is 0 Å². The SMILES string of the molecule is COCCn1cc(-c2ccc(B3OC(C)(C)C(C)(C)O3)c(F)c2F)c(C(C)C)n1. The van der Waals surface area contributed by atoms with Crippen LogP contribution >= 0.6 is 0 Å². The molecule has 3 rings (SSSR count). The number of rotatable bonds is 6. The van der Waals surface area contributed by atoms with Crippen LogP contribution < -0.4 is 5.46 Å². The zero-order chi connectivity index (χ0) is 21.6. The second-order valence-corrected chi connectivity index (χ2v) is 8.76. The zero-order valence-electron chi connectivity index (χ0n) is 18.2. The normalized spacial score (nSPS) is 18.1. The number of hydrogen-bond acceptors (Lipinski definition) is 4. The summed E-state index contributed by atoms with van der Waals surface area (Å²) < 4.78 is 48.8.